The zero-order valence-corrected chi connectivity index (χ0v) is 12.8. The van der Waals surface area contributed by atoms with E-state index >= 15 is 0 Å². The largest absolute Gasteiger partial charge is 0.334 e. The summed E-state index contributed by atoms with van der Waals surface area (Å²) in [5.74, 6) is 0. The van der Waals surface area contributed by atoms with Crippen molar-refractivity contribution in [1.82, 2.24) is 30.9 Å². The molecule has 1 fully saturated rings. The van der Waals surface area contributed by atoms with Gasteiger partial charge in [0.15, 0.2) is 0 Å². The first-order valence-electron chi connectivity index (χ1n) is 7.70. The van der Waals surface area contributed by atoms with E-state index in [9.17, 15) is 4.79 Å². The molecule has 1 unspecified atom stereocenters. The van der Waals surface area contributed by atoms with Crippen molar-refractivity contribution < 1.29 is 4.79 Å². The van der Waals surface area contributed by atoms with Crippen molar-refractivity contribution in [3.63, 3.8) is 0 Å². The Hall–Kier alpha value is -2.45. The van der Waals surface area contributed by atoms with Crippen molar-refractivity contribution in [2.45, 2.75) is 25.6 Å². The number of amides is 2. The van der Waals surface area contributed by atoms with E-state index < -0.39 is 0 Å². The van der Waals surface area contributed by atoms with Gasteiger partial charge in [0.25, 0.3) is 0 Å². The Balaban J connectivity index is 1.57. The highest BCUT2D eigenvalue weighted by Gasteiger charge is 2.16. The Morgan fingerprint density at radius 1 is 1.48 bits per heavy atom. The lowest BCUT2D eigenvalue weighted by Crippen LogP contribution is -2.42. The molecule has 0 saturated carbocycles. The van der Waals surface area contributed by atoms with E-state index in [1.807, 2.05) is 24.3 Å². The van der Waals surface area contributed by atoms with Gasteiger partial charge in [-0.2, -0.15) is 0 Å². The van der Waals surface area contributed by atoms with Gasteiger partial charge in [-0.15, -0.1) is 5.10 Å². The SMILES string of the molecule is NCc1cn(-c2cccc(CNC(=O)NC3CCNC3)c2)nn1. The van der Waals surface area contributed by atoms with Crippen LogP contribution in [0.5, 0.6) is 0 Å². The molecule has 1 aromatic heterocycles. The van der Waals surface area contributed by atoms with Crippen LogP contribution in [0.2, 0.25) is 0 Å². The standard InChI is InChI=1S/C15H21N7O/c16-7-13-10-22(21-20-13)14-3-1-2-11(6-14)8-18-15(23)19-12-4-5-17-9-12/h1-3,6,10,12,17H,4-5,7-9,16H2,(H2,18,19,23). The van der Waals surface area contributed by atoms with Gasteiger partial charge in [0, 0.05) is 25.7 Å². The smallest absolute Gasteiger partial charge is 0.315 e. The highest BCUT2D eigenvalue weighted by atomic mass is 16.2. The summed E-state index contributed by atoms with van der Waals surface area (Å²) in [5, 5.41) is 17.1. The lowest BCUT2D eigenvalue weighted by atomic mass is 10.2. The molecule has 1 aromatic carbocycles. The Morgan fingerprint density at radius 3 is 3.13 bits per heavy atom. The summed E-state index contributed by atoms with van der Waals surface area (Å²) in [5.41, 5.74) is 8.16. The number of hydrogen-bond acceptors (Lipinski definition) is 5. The normalized spacial score (nSPS) is 17.2. The molecule has 1 saturated heterocycles. The van der Waals surface area contributed by atoms with E-state index in [4.69, 9.17) is 5.73 Å². The molecule has 122 valence electrons. The highest BCUT2D eigenvalue weighted by molar-refractivity contribution is 5.74. The Kier molecular flexibility index (Phi) is 4.84. The maximum absolute atomic E-state index is 11.9. The lowest BCUT2D eigenvalue weighted by Gasteiger charge is -2.12. The van der Waals surface area contributed by atoms with Crippen molar-refractivity contribution in [3.05, 3.63) is 41.7 Å². The molecule has 2 amide bonds. The van der Waals surface area contributed by atoms with Crippen LogP contribution < -0.4 is 21.7 Å². The number of nitrogens with zero attached hydrogens (tertiary/aromatic N) is 3. The van der Waals surface area contributed by atoms with Gasteiger partial charge in [0.2, 0.25) is 0 Å². The molecule has 2 aromatic rings. The van der Waals surface area contributed by atoms with Crippen LogP contribution >= 0.6 is 0 Å². The molecule has 8 heteroatoms. The summed E-state index contributed by atoms with van der Waals surface area (Å²) in [6.45, 7) is 2.60. The second-order valence-electron chi connectivity index (χ2n) is 5.55. The van der Waals surface area contributed by atoms with Crippen LogP contribution in [-0.2, 0) is 13.1 Å². The molecule has 0 spiro atoms. The van der Waals surface area contributed by atoms with Gasteiger partial charge in [0.05, 0.1) is 17.6 Å². The third kappa shape index (κ3) is 4.05. The molecule has 1 atom stereocenters. The maximum atomic E-state index is 11.9. The molecule has 3 rings (SSSR count). The topological polar surface area (TPSA) is 110 Å². The van der Waals surface area contributed by atoms with E-state index in [1.54, 1.807) is 10.9 Å². The van der Waals surface area contributed by atoms with Gasteiger partial charge in [-0.3, -0.25) is 0 Å². The Morgan fingerprint density at radius 2 is 2.39 bits per heavy atom. The molecule has 0 radical (unpaired) electrons. The number of nitrogens with one attached hydrogen (secondary N) is 3. The van der Waals surface area contributed by atoms with Crippen LogP contribution in [0.1, 0.15) is 17.7 Å². The molecule has 23 heavy (non-hydrogen) atoms. The summed E-state index contributed by atoms with van der Waals surface area (Å²) in [6, 6.07) is 7.85. The van der Waals surface area contributed by atoms with Crippen LogP contribution in [-0.4, -0.2) is 40.2 Å². The molecule has 1 aliphatic heterocycles. The van der Waals surface area contributed by atoms with E-state index in [-0.39, 0.29) is 12.1 Å². The summed E-state index contributed by atoms with van der Waals surface area (Å²) in [7, 11) is 0. The van der Waals surface area contributed by atoms with Crippen LogP contribution in [0.3, 0.4) is 0 Å². The fourth-order valence-corrected chi connectivity index (χ4v) is 2.52. The van der Waals surface area contributed by atoms with E-state index in [0.717, 1.165) is 36.5 Å². The van der Waals surface area contributed by atoms with Crippen LogP contribution in [0.4, 0.5) is 4.79 Å². The van der Waals surface area contributed by atoms with Gasteiger partial charge < -0.3 is 21.7 Å². The number of carbonyl (C=O) groups excluding carboxylic acids is 1. The minimum atomic E-state index is -0.143. The highest BCUT2D eigenvalue weighted by Crippen LogP contribution is 2.10. The molecule has 0 bridgehead atoms. The average Bonchev–Trinajstić information content (AvgIpc) is 3.24. The van der Waals surface area contributed by atoms with Crippen molar-refractivity contribution in [2.24, 2.45) is 5.73 Å². The molecular formula is C15H21N7O. The van der Waals surface area contributed by atoms with Crippen molar-refractivity contribution >= 4 is 6.03 Å². The molecular weight excluding hydrogens is 294 g/mol. The second kappa shape index (κ2) is 7.21. The molecule has 8 nitrogen and oxygen atoms in total. The summed E-state index contributed by atoms with van der Waals surface area (Å²) in [6.07, 6.45) is 2.77. The van der Waals surface area contributed by atoms with E-state index in [0.29, 0.717) is 13.1 Å². The number of aromatic nitrogens is 3. The predicted molar refractivity (Wildman–Crippen MR) is 85.9 cm³/mol. The molecule has 0 aliphatic carbocycles. The first-order valence-corrected chi connectivity index (χ1v) is 7.70. The van der Waals surface area contributed by atoms with E-state index in [1.165, 1.54) is 0 Å². The van der Waals surface area contributed by atoms with Crippen molar-refractivity contribution in [3.8, 4) is 5.69 Å². The number of carbonyl (C=O) groups is 1. The zero-order valence-electron chi connectivity index (χ0n) is 12.8. The molecule has 1 aliphatic rings. The van der Waals surface area contributed by atoms with Crippen LogP contribution in [0.15, 0.2) is 30.5 Å². The minimum Gasteiger partial charge on any atom is -0.334 e. The lowest BCUT2D eigenvalue weighted by molar-refractivity contribution is 0.237. The fraction of sp³-hybridized carbons (Fsp3) is 0.400. The van der Waals surface area contributed by atoms with Crippen LogP contribution in [0, 0.1) is 0 Å². The molecule has 5 N–H and O–H groups in total. The third-order valence-corrected chi connectivity index (χ3v) is 3.77. The summed E-state index contributed by atoms with van der Waals surface area (Å²) in [4.78, 5) is 11.9. The van der Waals surface area contributed by atoms with Gasteiger partial charge in [0.1, 0.15) is 0 Å². The third-order valence-electron chi connectivity index (χ3n) is 3.77. The maximum Gasteiger partial charge on any atom is 0.315 e. The van der Waals surface area contributed by atoms with Crippen LogP contribution in [0.25, 0.3) is 5.69 Å². The number of nitrogens with two attached hydrogens (primary N) is 1. The predicted octanol–water partition coefficient (Wildman–Crippen LogP) is -0.113. The van der Waals surface area contributed by atoms with Crippen molar-refractivity contribution in [1.29, 1.82) is 0 Å². The number of benzene rings is 1. The van der Waals surface area contributed by atoms with Gasteiger partial charge >= 0.3 is 6.03 Å². The molecule has 2 heterocycles. The minimum absolute atomic E-state index is 0.143. The summed E-state index contributed by atoms with van der Waals surface area (Å²) >= 11 is 0. The number of rotatable bonds is 5. The second-order valence-corrected chi connectivity index (χ2v) is 5.55. The Bertz CT molecular complexity index is 663. The number of urea groups is 1. The summed E-state index contributed by atoms with van der Waals surface area (Å²) < 4.78 is 1.68. The Labute approximate surface area is 134 Å². The fourth-order valence-electron chi connectivity index (χ4n) is 2.52. The van der Waals surface area contributed by atoms with E-state index in [2.05, 4.69) is 26.3 Å². The first-order chi connectivity index (χ1) is 11.2. The monoisotopic (exact) mass is 315 g/mol. The first kappa shape index (κ1) is 15.4. The number of hydrogen-bond donors (Lipinski definition) is 4. The van der Waals surface area contributed by atoms with Gasteiger partial charge in [-0.25, -0.2) is 9.48 Å². The quantitative estimate of drug-likeness (QED) is 0.615. The zero-order chi connectivity index (χ0) is 16.1. The average molecular weight is 315 g/mol. The van der Waals surface area contributed by atoms with Gasteiger partial charge in [-0.05, 0) is 30.7 Å². The van der Waals surface area contributed by atoms with Crippen molar-refractivity contribution in [2.75, 3.05) is 13.1 Å². The van der Waals surface area contributed by atoms with Gasteiger partial charge in [-0.1, -0.05) is 17.3 Å².